The zero-order valence-corrected chi connectivity index (χ0v) is 26.0. The van der Waals surface area contributed by atoms with Crippen LogP contribution in [0.1, 0.15) is 168 Å². The number of hydrogen-bond acceptors (Lipinski definition) is 4. The van der Waals surface area contributed by atoms with Crippen LogP contribution in [0, 0.1) is 0 Å². The standard InChI is InChI=1S/C18H37NO2.C16H30O2/c1-2-3-4-5-6-7-8-9-10-11-12-13-14-15-18(21)17(19)16-20;1-2-3-4-5-6-7-8-9-10-11-12-13-14-15-16(17)18/h14-15,17-18,20-21H,2-13,16,19H2,1H3;7-8H,2-6,9-15H2,1H3,(H,17,18)/b15-14+;8-7-. The fourth-order valence-electron chi connectivity index (χ4n) is 4.41. The summed E-state index contributed by atoms with van der Waals surface area (Å²) in [6, 6.07) is -0.557. The van der Waals surface area contributed by atoms with Crippen LogP contribution >= 0.6 is 0 Å². The summed E-state index contributed by atoms with van der Waals surface area (Å²) in [4.78, 5) is 10.3. The number of aliphatic hydroxyl groups is 2. The van der Waals surface area contributed by atoms with Crippen LogP contribution in [0.4, 0.5) is 0 Å². The molecular formula is C34H67NO4. The SMILES string of the molecule is CCCCCC/C=C\CCCCCCCC(=O)O.CCCCCCCCCCCCC/C=C/C(O)C(N)CO. The Morgan fingerprint density at radius 1 is 0.615 bits per heavy atom. The first kappa shape index (κ1) is 40.0. The van der Waals surface area contributed by atoms with Gasteiger partial charge in [-0.15, -0.1) is 0 Å². The molecule has 0 heterocycles. The average molecular weight is 554 g/mol. The Labute approximate surface area is 242 Å². The lowest BCUT2D eigenvalue weighted by atomic mass is 10.0. The number of unbranched alkanes of at least 4 members (excludes halogenated alkanes) is 20. The van der Waals surface area contributed by atoms with E-state index in [4.69, 9.17) is 15.9 Å². The number of hydrogen-bond donors (Lipinski definition) is 4. The smallest absolute Gasteiger partial charge is 0.303 e. The molecule has 0 aliphatic rings. The monoisotopic (exact) mass is 554 g/mol. The number of rotatable bonds is 28. The molecule has 232 valence electrons. The minimum absolute atomic E-state index is 0.177. The number of aliphatic hydroxyl groups excluding tert-OH is 2. The topological polar surface area (TPSA) is 104 Å². The maximum atomic E-state index is 10.3. The largest absolute Gasteiger partial charge is 0.481 e. The van der Waals surface area contributed by atoms with E-state index in [0.29, 0.717) is 6.42 Å². The molecule has 2 unspecified atom stereocenters. The first-order valence-corrected chi connectivity index (χ1v) is 16.6. The molecule has 0 aliphatic heterocycles. The van der Waals surface area contributed by atoms with E-state index < -0.39 is 18.1 Å². The first-order valence-electron chi connectivity index (χ1n) is 16.6. The summed E-state index contributed by atoms with van der Waals surface area (Å²) in [6.07, 6.45) is 37.1. The van der Waals surface area contributed by atoms with Crippen molar-refractivity contribution in [3.05, 3.63) is 24.3 Å². The Balaban J connectivity index is 0. The molecule has 0 fully saturated rings. The molecule has 0 amide bonds. The van der Waals surface area contributed by atoms with Gasteiger partial charge in [-0.2, -0.15) is 0 Å². The van der Waals surface area contributed by atoms with E-state index in [1.165, 1.54) is 128 Å². The van der Waals surface area contributed by atoms with Crippen molar-refractivity contribution in [2.24, 2.45) is 5.73 Å². The van der Waals surface area contributed by atoms with Crippen molar-refractivity contribution in [2.75, 3.05) is 6.61 Å². The van der Waals surface area contributed by atoms with Gasteiger partial charge in [0.25, 0.3) is 0 Å². The van der Waals surface area contributed by atoms with E-state index in [-0.39, 0.29) is 6.61 Å². The molecule has 2 atom stereocenters. The molecule has 5 nitrogen and oxygen atoms in total. The highest BCUT2D eigenvalue weighted by Crippen LogP contribution is 2.12. The van der Waals surface area contributed by atoms with Crippen molar-refractivity contribution in [1.29, 1.82) is 0 Å². The van der Waals surface area contributed by atoms with E-state index in [1.807, 2.05) is 6.08 Å². The van der Waals surface area contributed by atoms with Gasteiger partial charge in [0.1, 0.15) is 0 Å². The zero-order chi connectivity index (χ0) is 29.2. The van der Waals surface area contributed by atoms with Gasteiger partial charge in [-0.1, -0.05) is 141 Å². The second-order valence-corrected chi connectivity index (χ2v) is 11.1. The normalized spacial score (nSPS) is 13.1. The Bertz CT molecular complexity index is 535. The minimum Gasteiger partial charge on any atom is -0.481 e. The van der Waals surface area contributed by atoms with Crippen LogP contribution in [0.25, 0.3) is 0 Å². The van der Waals surface area contributed by atoms with E-state index in [2.05, 4.69) is 26.0 Å². The van der Waals surface area contributed by atoms with Gasteiger partial charge >= 0.3 is 5.97 Å². The number of carboxylic acids is 1. The highest BCUT2D eigenvalue weighted by Gasteiger charge is 2.08. The van der Waals surface area contributed by atoms with Crippen molar-refractivity contribution in [3.8, 4) is 0 Å². The number of aliphatic carboxylic acids is 1. The first-order chi connectivity index (χ1) is 19.0. The van der Waals surface area contributed by atoms with Crippen molar-refractivity contribution in [2.45, 2.75) is 180 Å². The maximum absolute atomic E-state index is 10.3. The van der Waals surface area contributed by atoms with Gasteiger partial charge in [-0.3, -0.25) is 4.79 Å². The number of carboxylic acid groups (broad SMARTS) is 1. The molecule has 39 heavy (non-hydrogen) atoms. The molecule has 0 aromatic carbocycles. The molecule has 0 spiro atoms. The third kappa shape index (κ3) is 36.8. The molecule has 5 heteroatoms. The van der Waals surface area contributed by atoms with Crippen LogP contribution in [0.2, 0.25) is 0 Å². The van der Waals surface area contributed by atoms with Crippen molar-refractivity contribution < 1.29 is 20.1 Å². The predicted molar refractivity (Wildman–Crippen MR) is 169 cm³/mol. The fourth-order valence-corrected chi connectivity index (χ4v) is 4.41. The summed E-state index contributed by atoms with van der Waals surface area (Å²) in [5.41, 5.74) is 5.51. The lowest BCUT2D eigenvalue weighted by Crippen LogP contribution is -2.36. The van der Waals surface area contributed by atoms with E-state index in [0.717, 1.165) is 19.3 Å². The third-order valence-electron chi connectivity index (χ3n) is 7.11. The van der Waals surface area contributed by atoms with Crippen LogP contribution in [0.5, 0.6) is 0 Å². The number of allylic oxidation sites excluding steroid dienone is 3. The summed E-state index contributed by atoms with van der Waals surface area (Å²) in [7, 11) is 0. The van der Waals surface area contributed by atoms with Gasteiger partial charge in [-0.25, -0.2) is 0 Å². The Morgan fingerprint density at radius 3 is 1.38 bits per heavy atom. The highest BCUT2D eigenvalue weighted by atomic mass is 16.4. The van der Waals surface area contributed by atoms with Crippen LogP contribution < -0.4 is 5.73 Å². The van der Waals surface area contributed by atoms with Crippen LogP contribution in [0.15, 0.2) is 24.3 Å². The molecule has 0 radical (unpaired) electrons. The Morgan fingerprint density at radius 2 is 0.974 bits per heavy atom. The zero-order valence-electron chi connectivity index (χ0n) is 26.0. The van der Waals surface area contributed by atoms with Crippen LogP contribution in [-0.4, -0.2) is 40.0 Å². The fraction of sp³-hybridized carbons (Fsp3) is 0.853. The maximum Gasteiger partial charge on any atom is 0.303 e. The lowest BCUT2D eigenvalue weighted by Gasteiger charge is -2.11. The molecule has 0 aromatic rings. The lowest BCUT2D eigenvalue weighted by molar-refractivity contribution is -0.137. The summed E-state index contributed by atoms with van der Waals surface area (Å²) < 4.78 is 0. The third-order valence-corrected chi connectivity index (χ3v) is 7.11. The summed E-state index contributed by atoms with van der Waals surface area (Å²) >= 11 is 0. The van der Waals surface area contributed by atoms with Crippen molar-refractivity contribution >= 4 is 5.97 Å². The number of carbonyl (C=O) groups is 1. The van der Waals surface area contributed by atoms with Gasteiger partial charge < -0.3 is 21.1 Å². The highest BCUT2D eigenvalue weighted by molar-refractivity contribution is 5.66. The predicted octanol–water partition coefficient (Wildman–Crippen LogP) is 9.25. The molecule has 0 aliphatic carbocycles. The summed E-state index contributed by atoms with van der Waals surface area (Å²) in [6.45, 7) is 4.33. The van der Waals surface area contributed by atoms with Gasteiger partial charge in [0.15, 0.2) is 0 Å². The molecule has 0 saturated carbocycles. The van der Waals surface area contributed by atoms with Crippen molar-refractivity contribution in [1.82, 2.24) is 0 Å². The molecule has 0 bridgehead atoms. The van der Waals surface area contributed by atoms with Crippen LogP contribution in [-0.2, 0) is 4.79 Å². The van der Waals surface area contributed by atoms with Gasteiger partial charge in [0.2, 0.25) is 0 Å². The summed E-state index contributed by atoms with van der Waals surface area (Å²) in [5.74, 6) is -0.666. The quantitative estimate of drug-likeness (QED) is 0.0571. The van der Waals surface area contributed by atoms with Gasteiger partial charge in [-0.05, 0) is 44.9 Å². The molecule has 5 N–H and O–H groups in total. The summed E-state index contributed by atoms with van der Waals surface area (Å²) in [5, 5.41) is 26.8. The van der Waals surface area contributed by atoms with E-state index in [1.54, 1.807) is 6.08 Å². The number of nitrogens with two attached hydrogens (primary N) is 1. The Hall–Kier alpha value is -1.17. The second kappa shape index (κ2) is 34.9. The van der Waals surface area contributed by atoms with Crippen molar-refractivity contribution in [3.63, 3.8) is 0 Å². The molecule has 0 saturated heterocycles. The van der Waals surface area contributed by atoms with Gasteiger partial charge in [0.05, 0.1) is 18.8 Å². The second-order valence-electron chi connectivity index (χ2n) is 11.1. The van der Waals surface area contributed by atoms with Crippen LogP contribution in [0.3, 0.4) is 0 Å². The van der Waals surface area contributed by atoms with E-state index >= 15 is 0 Å². The minimum atomic E-state index is -0.720. The van der Waals surface area contributed by atoms with Gasteiger partial charge in [0, 0.05) is 6.42 Å². The molecule has 0 rings (SSSR count). The molecular weight excluding hydrogens is 486 g/mol. The molecule has 0 aromatic heterocycles. The van der Waals surface area contributed by atoms with E-state index in [9.17, 15) is 9.90 Å². The average Bonchev–Trinajstić information content (AvgIpc) is 2.93. The Kier molecular flexibility index (Phi) is 35.7.